The van der Waals surface area contributed by atoms with Gasteiger partial charge >= 0.3 is 0 Å². The van der Waals surface area contributed by atoms with Crippen LogP contribution in [0.4, 0.5) is 10.1 Å². The molecule has 0 fully saturated rings. The smallest absolute Gasteiger partial charge is 0.161 e. The van der Waals surface area contributed by atoms with Gasteiger partial charge < -0.3 is 5.73 Å². The largest absolute Gasteiger partial charge is 0.398 e. The van der Waals surface area contributed by atoms with Crippen LogP contribution in [0.2, 0.25) is 0 Å². The zero-order chi connectivity index (χ0) is 8.43. The van der Waals surface area contributed by atoms with E-state index < -0.39 is 5.82 Å². The van der Waals surface area contributed by atoms with E-state index in [2.05, 4.69) is 0 Å². The van der Waals surface area contributed by atoms with Crippen molar-refractivity contribution in [2.45, 2.75) is 6.92 Å². The van der Waals surface area contributed by atoms with Gasteiger partial charge in [-0.15, -0.1) is 0 Å². The lowest BCUT2D eigenvalue weighted by molar-refractivity contribution is 0.101. The first-order valence-electron chi connectivity index (χ1n) is 3.17. The molecule has 2 nitrogen and oxygen atoms in total. The summed E-state index contributed by atoms with van der Waals surface area (Å²) < 4.78 is 12.5. The minimum absolute atomic E-state index is 0.220. The zero-order valence-electron chi connectivity index (χ0n) is 6.10. The van der Waals surface area contributed by atoms with Gasteiger partial charge in [-0.1, -0.05) is 0 Å². The van der Waals surface area contributed by atoms with Gasteiger partial charge in [0.25, 0.3) is 0 Å². The number of rotatable bonds is 1. The first-order chi connectivity index (χ1) is 5.11. The number of halogens is 1. The van der Waals surface area contributed by atoms with Crippen LogP contribution >= 0.6 is 0 Å². The van der Waals surface area contributed by atoms with Crippen LogP contribution in [0.15, 0.2) is 18.2 Å². The Morgan fingerprint density at radius 2 is 2.18 bits per heavy atom. The molecule has 58 valence electrons. The average Bonchev–Trinajstić information content (AvgIpc) is 1.94. The number of carbonyl (C=O) groups is 1. The lowest BCUT2D eigenvalue weighted by atomic mass is 10.1. The number of benzene rings is 1. The minimum atomic E-state index is -0.440. The summed E-state index contributed by atoms with van der Waals surface area (Å²) in [5.41, 5.74) is 5.96. The second-order valence-corrected chi connectivity index (χ2v) is 2.29. The molecule has 1 rings (SSSR count). The van der Waals surface area contributed by atoms with E-state index in [4.69, 9.17) is 5.73 Å². The summed E-state index contributed by atoms with van der Waals surface area (Å²) in [6, 6.07) is 3.74. The van der Waals surface area contributed by atoms with Gasteiger partial charge in [0, 0.05) is 11.3 Å². The van der Waals surface area contributed by atoms with Crippen molar-refractivity contribution in [2.75, 3.05) is 5.73 Å². The fourth-order valence-corrected chi connectivity index (χ4v) is 0.833. The van der Waals surface area contributed by atoms with Gasteiger partial charge in [0.15, 0.2) is 5.78 Å². The van der Waals surface area contributed by atoms with Crippen molar-refractivity contribution in [3.05, 3.63) is 29.6 Å². The van der Waals surface area contributed by atoms with Crippen molar-refractivity contribution in [3.63, 3.8) is 0 Å². The molecule has 0 aliphatic rings. The number of anilines is 1. The standard InChI is InChI=1S/C8H8FNO/c1-5(11)7-4-6(9)2-3-8(7)10/h2-4H,10H2,1H3. The van der Waals surface area contributed by atoms with Crippen LogP contribution in [0, 0.1) is 5.82 Å². The second kappa shape index (κ2) is 2.70. The molecule has 0 saturated heterocycles. The van der Waals surface area contributed by atoms with E-state index in [0.717, 1.165) is 6.07 Å². The second-order valence-electron chi connectivity index (χ2n) is 2.29. The topological polar surface area (TPSA) is 43.1 Å². The number of ketones is 1. The lowest BCUT2D eigenvalue weighted by Gasteiger charge is -1.99. The Morgan fingerprint density at radius 1 is 1.55 bits per heavy atom. The number of carbonyl (C=O) groups excluding carboxylic acids is 1. The van der Waals surface area contributed by atoms with Crippen LogP contribution in [-0.2, 0) is 0 Å². The van der Waals surface area contributed by atoms with Crippen molar-refractivity contribution in [2.24, 2.45) is 0 Å². The van der Waals surface area contributed by atoms with Gasteiger partial charge in [-0.05, 0) is 25.1 Å². The molecule has 0 atom stereocenters. The Kier molecular flexibility index (Phi) is 1.89. The predicted octanol–water partition coefficient (Wildman–Crippen LogP) is 1.61. The Labute approximate surface area is 63.8 Å². The van der Waals surface area contributed by atoms with Gasteiger partial charge in [0.2, 0.25) is 0 Å². The summed E-state index contributed by atoms with van der Waals surface area (Å²) in [6.45, 7) is 1.35. The maximum atomic E-state index is 12.5. The van der Waals surface area contributed by atoms with Gasteiger partial charge in [-0.2, -0.15) is 0 Å². The predicted molar refractivity (Wildman–Crippen MR) is 40.8 cm³/mol. The number of hydrogen-bond acceptors (Lipinski definition) is 2. The fourth-order valence-electron chi connectivity index (χ4n) is 0.833. The molecule has 0 aliphatic carbocycles. The molecular weight excluding hydrogens is 145 g/mol. The van der Waals surface area contributed by atoms with Crippen molar-refractivity contribution in [3.8, 4) is 0 Å². The molecule has 0 unspecified atom stereocenters. The molecule has 0 bridgehead atoms. The molecule has 0 aliphatic heterocycles. The monoisotopic (exact) mass is 153 g/mol. The average molecular weight is 153 g/mol. The first kappa shape index (κ1) is 7.72. The molecule has 1 aromatic rings. The van der Waals surface area contributed by atoms with Crippen molar-refractivity contribution >= 4 is 11.5 Å². The highest BCUT2D eigenvalue weighted by Gasteiger charge is 2.04. The molecule has 0 amide bonds. The van der Waals surface area contributed by atoms with Crippen LogP contribution in [-0.4, -0.2) is 5.78 Å². The zero-order valence-corrected chi connectivity index (χ0v) is 6.10. The fraction of sp³-hybridized carbons (Fsp3) is 0.125. The highest BCUT2D eigenvalue weighted by atomic mass is 19.1. The van der Waals surface area contributed by atoms with E-state index in [9.17, 15) is 9.18 Å². The lowest BCUT2D eigenvalue weighted by Crippen LogP contribution is -1.99. The summed E-state index contributed by atoms with van der Waals surface area (Å²) in [6.07, 6.45) is 0. The molecule has 0 heterocycles. The van der Waals surface area contributed by atoms with Gasteiger partial charge in [-0.25, -0.2) is 4.39 Å². The van der Waals surface area contributed by atoms with E-state index in [1.54, 1.807) is 0 Å². The van der Waals surface area contributed by atoms with Crippen molar-refractivity contribution in [1.29, 1.82) is 0 Å². The first-order valence-corrected chi connectivity index (χ1v) is 3.17. The number of nitrogens with two attached hydrogens (primary N) is 1. The highest BCUT2D eigenvalue weighted by molar-refractivity contribution is 5.98. The summed E-state index contributed by atoms with van der Waals surface area (Å²) >= 11 is 0. The molecule has 1 aromatic carbocycles. The molecule has 11 heavy (non-hydrogen) atoms. The van der Waals surface area contributed by atoms with E-state index in [1.807, 2.05) is 0 Å². The van der Waals surface area contributed by atoms with Crippen LogP contribution in [0.5, 0.6) is 0 Å². The number of Topliss-reactive ketones (excluding diaryl/α,β-unsaturated/α-hetero) is 1. The van der Waals surface area contributed by atoms with Gasteiger partial charge in [-0.3, -0.25) is 4.79 Å². The highest BCUT2D eigenvalue weighted by Crippen LogP contribution is 2.13. The van der Waals surface area contributed by atoms with Crippen LogP contribution in [0.25, 0.3) is 0 Å². The van der Waals surface area contributed by atoms with Gasteiger partial charge in [0.05, 0.1) is 0 Å². The Morgan fingerprint density at radius 3 is 2.64 bits per heavy atom. The van der Waals surface area contributed by atoms with E-state index in [1.165, 1.54) is 19.1 Å². The maximum Gasteiger partial charge on any atom is 0.161 e. The van der Waals surface area contributed by atoms with Crippen molar-refractivity contribution < 1.29 is 9.18 Å². The molecule has 0 aromatic heterocycles. The molecule has 2 N–H and O–H groups in total. The Bertz CT molecular complexity index is 296. The summed E-state index contributed by atoms with van der Waals surface area (Å²) in [5, 5.41) is 0. The summed E-state index contributed by atoms with van der Waals surface area (Å²) in [7, 11) is 0. The molecule has 0 saturated carbocycles. The van der Waals surface area contributed by atoms with Crippen LogP contribution in [0.1, 0.15) is 17.3 Å². The number of nitrogen functional groups attached to an aromatic ring is 1. The third-order valence-electron chi connectivity index (χ3n) is 1.39. The van der Waals surface area contributed by atoms with Crippen LogP contribution in [0.3, 0.4) is 0 Å². The third kappa shape index (κ3) is 1.55. The SMILES string of the molecule is CC(=O)c1cc(F)ccc1N. The molecule has 0 radical (unpaired) electrons. The summed E-state index contributed by atoms with van der Waals surface area (Å²) in [5.74, 6) is -0.661. The maximum absolute atomic E-state index is 12.5. The Hall–Kier alpha value is -1.38. The van der Waals surface area contributed by atoms with Crippen LogP contribution < -0.4 is 5.73 Å². The van der Waals surface area contributed by atoms with E-state index in [-0.39, 0.29) is 11.3 Å². The Balaban J connectivity index is 3.23. The van der Waals surface area contributed by atoms with Crippen molar-refractivity contribution in [1.82, 2.24) is 0 Å². The van der Waals surface area contributed by atoms with Gasteiger partial charge in [0.1, 0.15) is 5.82 Å². The normalized spacial score (nSPS) is 9.64. The van der Waals surface area contributed by atoms with E-state index >= 15 is 0 Å². The van der Waals surface area contributed by atoms with E-state index in [0.29, 0.717) is 5.69 Å². The molecule has 0 spiro atoms. The summed E-state index contributed by atoms with van der Waals surface area (Å²) in [4.78, 5) is 10.8. The molecular formula is C8H8FNO. The quantitative estimate of drug-likeness (QED) is 0.492. The third-order valence-corrected chi connectivity index (χ3v) is 1.39. The molecule has 3 heteroatoms. The number of hydrogen-bond donors (Lipinski definition) is 1. The minimum Gasteiger partial charge on any atom is -0.398 e.